The number of esters is 1. The third-order valence-electron chi connectivity index (χ3n) is 5.24. The van der Waals surface area contributed by atoms with Crippen molar-refractivity contribution in [2.75, 3.05) is 6.61 Å². The Kier molecular flexibility index (Phi) is 10.2. The van der Waals surface area contributed by atoms with Crippen LogP contribution in [0.25, 0.3) is 0 Å². The molecule has 8 heteroatoms. The van der Waals surface area contributed by atoms with E-state index in [-0.39, 0.29) is 23.6 Å². The maximum absolute atomic E-state index is 12.8. The van der Waals surface area contributed by atoms with Crippen molar-refractivity contribution in [2.24, 2.45) is 11.8 Å². The number of ketones is 1. The quantitative estimate of drug-likeness (QED) is 0.297. The first-order valence-corrected chi connectivity index (χ1v) is 11.9. The number of pyridine rings is 1. The van der Waals surface area contributed by atoms with Crippen LogP contribution in [-0.4, -0.2) is 40.7 Å². The number of nitrogens with zero attached hydrogens (tertiary/aromatic N) is 1. The Balaban J connectivity index is 2.06. The van der Waals surface area contributed by atoms with Gasteiger partial charge in [-0.2, -0.15) is 0 Å². The number of ether oxygens (including phenoxy) is 3. The Hall–Kier alpha value is -2.80. The average Bonchev–Trinajstić information content (AvgIpc) is 2.76. The molecule has 0 unspecified atom stereocenters. The molecular weight excluding hydrogens is 458 g/mol. The van der Waals surface area contributed by atoms with Crippen molar-refractivity contribution in [2.45, 2.75) is 66.6 Å². The molecule has 1 N–H and O–H groups in total. The molecule has 0 bridgehead atoms. The Morgan fingerprint density at radius 2 is 1.82 bits per heavy atom. The SMILES string of the molecule is CCOc1ccnc(C(=O)C[C@@H](C)C(=O)O[C@@H](C)[C@@H](CC(C)C)Oc2ccc(C)cc2Cl)c1O. The summed E-state index contributed by atoms with van der Waals surface area (Å²) in [5.41, 5.74) is 0.886. The van der Waals surface area contributed by atoms with Gasteiger partial charge in [0.15, 0.2) is 23.0 Å². The highest BCUT2D eigenvalue weighted by molar-refractivity contribution is 6.32. The van der Waals surface area contributed by atoms with Crippen LogP contribution >= 0.6 is 11.6 Å². The van der Waals surface area contributed by atoms with Crippen LogP contribution < -0.4 is 9.47 Å². The molecule has 0 spiro atoms. The molecule has 0 saturated carbocycles. The number of rotatable bonds is 12. The fraction of sp³-hybridized carbons (Fsp3) is 0.500. The molecule has 0 amide bonds. The number of halogens is 1. The minimum Gasteiger partial charge on any atom is -0.503 e. The van der Waals surface area contributed by atoms with E-state index in [9.17, 15) is 14.7 Å². The first kappa shape index (κ1) is 27.4. The molecular formula is C26H34ClNO6. The van der Waals surface area contributed by atoms with Crippen LogP contribution in [0.15, 0.2) is 30.5 Å². The summed E-state index contributed by atoms with van der Waals surface area (Å²) in [6.45, 7) is 11.5. The first-order valence-electron chi connectivity index (χ1n) is 11.5. The van der Waals surface area contributed by atoms with Gasteiger partial charge in [-0.1, -0.05) is 38.4 Å². The third kappa shape index (κ3) is 7.62. The zero-order chi connectivity index (χ0) is 25.4. The van der Waals surface area contributed by atoms with Crippen molar-refractivity contribution in [3.8, 4) is 17.2 Å². The molecule has 0 saturated heterocycles. The highest BCUT2D eigenvalue weighted by Gasteiger charge is 2.29. The van der Waals surface area contributed by atoms with Gasteiger partial charge in [0, 0.05) is 18.7 Å². The van der Waals surface area contributed by atoms with E-state index in [1.807, 2.05) is 19.1 Å². The molecule has 1 heterocycles. The standard InChI is InChI=1S/C26H34ClNO6/c1-7-32-22-10-11-28-24(25(22)30)20(29)14-17(5)26(31)33-18(6)23(12-15(2)3)34-21-9-8-16(4)13-19(21)27/h8-11,13,15,17-18,23,30H,7,12,14H2,1-6H3/t17-,18+,23-/m1/s1. The van der Waals surface area contributed by atoms with Gasteiger partial charge in [-0.3, -0.25) is 9.59 Å². The van der Waals surface area contributed by atoms with Crippen LogP contribution in [0.1, 0.15) is 63.5 Å². The Bertz CT molecular complexity index is 993. The topological polar surface area (TPSA) is 95.0 Å². The molecule has 2 aromatic rings. The highest BCUT2D eigenvalue weighted by atomic mass is 35.5. The van der Waals surface area contributed by atoms with E-state index in [0.717, 1.165) is 5.56 Å². The summed E-state index contributed by atoms with van der Waals surface area (Å²) in [5.74, 6) is -1.08. The van der Waals surface area contributed by atoms with Gasteiger partial charge in [0.2, 0.25) is 0 Å². The van der Waals surface area contributed by atoms with Crippen LogP contribution in [-0.2, 0) is 9.53 Å². The summed E-state index contributed by atoms with van der Waals surface area (Å²) in [6, 6.07) is 7.00. The van der Waals surface area contributed by atoms with Gasteiger partial charge in [0.25, 0.3) is 0 Å². The largest absolute Gasteiger partial charge is 0.503 e. The van der Waals surface area contributed by atoms with Crippen molar-refractivity contribution in [3.05, 3.63) is 46.7 Å². The summed E-state index contributed by atoms with van der Waals surface area (Å²) in [4.78, 5) is 29.4. The third-order valence-corrected chi connectivity index (χ3v) is 5.54. The van der Waals surface area contributed by atoms with E-state index in [2.05, 4.69) is 18.8 Å². The molecule has 7 nitrogen and oxygen atoms in total. The molecule has 3 atom stereocenters. The summed E-state index contributed by atoms with van der Waals surface area (Å²) >= 11 is 6.32. The number of benzene rings is 1. The maximum atomic E-state index is 12.8. The number of carbonyl (C=O) groups excluding carboxylic acids is 2. The molecule has 0 fully saturated rings. The number of hydrogen-bond donors (Lipinski definition) is 1. The normalized spacial score (nSPS) is 13.8. The molecule has 0 radical (unpaired) electrons. The van der Waals surface area contributed by atoms with Crippen molar-refractivity contribution >= 4 is 23.4 Å². The van der Waals surface area contributed by atoms with Gasteiger partial charge in [0.05, 0.1) is 17.5 Å². The lowest BCUT2D eigenvalue weighted by Gasteiger charge is -2.28. The van der Waals surface area contributed by atoms with Crippen LogP contribution in [0.3, 0.4) is 0 Å². The second kappa shape index (κ2) is 12.6. The summed E-state index contributed by atoms with van der Waals surface area (Å²) in [6.07, 6.45) is 0.876. The fourth-order valence-electron chi connectivity index (χ4n) is 3.41. The molecule has 2 rings (SSSR count). The minimum atomic E-state index is -0.741. The molecule has 186 valence electrons. The average molecular weight is 492 g/mol. The number of aromatic hydroxyl groups is 1. The predicted molar refractivity (Wildman–Crippen MR) is 131 cm³/mol. The van der Waals surface area contributed by atoms with E-state index in [1.165, 1.54) is 12.3 Å². The maximum Gasteiger partial charge on any atom is 0.309 e. The minimum absolute atomic E-state index is 0.131. The van der Waals surface area contributed by atoms with Gasteiger partial charge in [-0.15, -0.1) is 0 Å². The Labute approximate surface area is 206 Å². The smallest absolute Gasteiger partial charge is 0.309 e. The van der Waals surface area contributed by atoms with E-state index in [0.29, 0.717) is 29.7 Å². The first-order chi connectivity index (χ1) is 16.0. The number of aryl methyl sites for hydroxylation is 1. The second-order valence-electron chi connectivity index (χ2n) is 8.83. The van der Waals surface area contributed by atoms with Gasteiger partial charge >= 0.3 is 5.97 Å². The van der Waals surface area contributed by atoms with Crippen molar-refractivity contribution in [1.82, 2.24) is 4.98 Å². The molecule has 0 aliphatic rings. The molecule has 1 aromatic carbocycles. The van der Waals surface area contributed by atoms with Gasteiger partial charge in [0.1, 0.15) is 18.0 Å². The van der Waals surface area contributed by atoms with Crippen molar-refractivity contribution in [3.63, 3.8) is 0 Å². The number of hydrogen-bond acceptors (Lipinski definition) is 7. The van der Waals surface area contributed by atoms with Crippen LogP contribution in [0.2, 0.25) is 5.02 Å². The molecule has 0 aliphatic carbocycles. The molecule has 1 aromatic heterocycles. The van der Waals surface area contributed by atoms with Crippen molar-refractivity contribution < 1.29 is 28.9 Å². The Morgan fingerprint density at radius 1 is 1.12 bits per heavy atom. The van der Waals surface area contributed by atoms with Crippen LogP contribution in [0.5, 0.6) is 17.2 Å². The van der Waals surface area contributed by atoms with Gasteiger partial charge in [-0.25, -0.2) is 4.98 Å². The second-order valence-corrected chi connectivity index (χ2v) is 9.24. The number of Topliss-reactive ketones (excluding diaryl/α,β-unsaturated/α-hetero) is 1. The van der Waals surface area contributed by atoms with Gasteiger partial charge in [-0.05, 0) is 50.8 Å². The monoisotopic (exact) mass is 491 g/mol. The van der Waals surface area contributed by atoms with Crippen molar-refractivity contribution in [1.29, 1.82) is 0 Å². The lowest BCUT2D eigenvalue weighted by molar-refractivity contribution is -0.157. The summed E-state index contributed by atoms with van der Waals surface area (Å²) < 4.78 is 17.1. The van der Waals surface area contributed by atoms with E-state index < -0.39 is 29.9 Å². The number of carbonyl (C=O) groups is 2. The predicted octanol–water partition coefficient (Wildman–Crippen LogP) is 5.78. The van der Waals surface area contributed by atoms with Gasteiger partial charge < -0.3 is 19.3 Å². The van der Waals surface area contributed by atoms with Crippen LogP contribution in [0, 0.1) is 18.8 Å². The fourth-order valence-corrected chi connectivity index (χ4v) is 3.69. The van der Waals surface area contributed by atoms with Crippen LogP contribution in [0.4, 0.5) is 0 Å². The van der Waals surface area contributed by atoms with E-state index >= 15 is 0 Å². The Morgan fingerprint density at radius 3 is 2.44 bits per heavy atom. The summed E-state index contributed by atoms with van der Waals surface area (Å²) in [7, 11) is 0. The molecule has 34 heavy (non-hydrogen) atoms. The molecule has 0 aliphatic heterocycles. The number of aromatic nitrogens is 1. The summed E-state index contributed by atoms with van der Waals surface area (Å²) in [5, 5.41) is 10.8. The lowest BCUT2D eigenvalue weighted by Crippen LogP contribution is -2.36. The zero-order valence-corrected chi connectivity index (χ0v) is 21.4. The van der Waals surface area contributed by atoms with E-state index in [4.69, 9.17) is 25.8 Å². The highest BCUT2D eigenvalue weighted by Crippen LogP contribution is 2.31. The zero-order valence-electron chi connectivity index (χ0n) is 20.6. The van der Waals surface area contributed by atoms with E-state index in [1.54, 1.807) is 26.8 Å². The lowest BCUT2D eigenvalue weighted by atomic mass is 10.0.